The van der Waals surface area contributed by atoms with E-state index in [2.05, 4.69) is 0 Å². The van der Waals surface area contributed by atoms with Crippen molar-refractivity contribution in [2.45, 2.75) is 11.1 Å². The number of halogens is 5. The molecule has 0 radical (unpaired) electrons. The number of benzene rings is 3. The van der Waals surface area contributed by atoms with Crippen molar-refractivity contribution in [1.29, 1.82) is 0 Å². The van der Waals surface area contributed by atoms with Crippen molar-refractivity contribution in [3.05, 3.63) is 88.7 Å². The summed E-state index contributed by atoms with van der Waals surface area (Å²) in [5, 5.41) is -0.129. The molecule has 14 heteroatoms. The van der Waals surface area contributed by atoms with E-state index in [0.29, 0.717) is 6.07 Å². The maximum atomic E-state index is 13.2. The molecule has 2 N–H and O–H groups in total. The summed E-state index contributed by atoms with van der Waals surface area (Å²) in [6.45, 7) is -0.730. The number of nitrogens with zero attached hydrogens (tertiary/aromatic N) is 1. The number of alkyl halides is 3. The number of hydrogen-bond donors (Lipinski definition) is 2. The van der Waals surface area contributed by atoms with E-state index in [1.807, 2.05) is 10.9 Å². The minimum absolute atomic E-state index is 0.129. The minimum atomic E-state index is -4.59. The predicted octanol–water partition coefficient (Wildman–Crippen LogP) is 4.16. The van der Waals surface area contributed by atoms with Gasteiger partial charge in [-0.25, -0.2) is 12.8 Å². The van der Waals surface area contributed by atoms with Crippen LogP contribution >= 0.6 is 11.6 Å². The van der Waals surface area contributed by atoms with Crippen LogP contribution in [0.25, 0.3) is 0 Å². The van der Waals surface area contributed by atoms with Gasteiger partial charge < -0.3 is 4.74 Å². The second-order valence-corrected chi connectivity index (χ2v) is 9.78. The van der Waals surface area contributed by atoms with E-state index in [1.54, 1.807) is 0 Å². The number of hydrogen-bond acceptors (Lipinski definition) is 5. The molecule has 8 nitrogen and oxygen atoms in total. The van der Waals surface area contributed by atoms with Crippen LogP contribution in [0.4, 0.5) is 23.2 Å². The van der Waals surface area contributed by atoms with Crippen LogP contribution in [0.3, 0.4) is 0 Å². The average molecular weight is 560 g/mol. The summed E-state index contributed by atoms with van der Waals surface area (Å²) in [4.78, 5) is 24.2. The van der Waals surface area contributed by atoms with Gasteiger partial charge in [0.05, 0.1) is 26.7 Å². The average Bonchev–Trinajstić information content (AvgIpc) is 2.85. The topological polar surface area (TPSA) is 105 Å². The molecule has 0 saturated heterocycles. The number of carbonyl (C=O) groups excluding carboxylic acids is 2. The minimum Gasteiger partial charge on any atom is -0.484 e. The fourth-order valence-electron chi connectivity index (χ4n) is 2.93. The molecular weight excluding hydrogens is 542 g/mol. The highest BCUT2D eigenvalue weighted by Gasteiger charge is 2.30. The van der Waals surface area contributed by atoms with Crippen LogP contribution in [0.15, 0.2) is 71.6 Å². The predicted molar refractivity (Wildman–Crippen MR) is 126 cm³/mol. The van der Waals surface area contributed by atoms with Gasteiger partial charge in [0.25, 0.3) is 21.8 Å². The highest BCUT2D eigenvalue weighted by Crippen LogP contribution is 2.31. The molecular formula is C23H18ClF4N3O5S. The first-order valence-electron chi connectivity index (χ1n) is 10.2. The Hall–Kier alpha value is -3.84. The van der Waals surface area contributed by atoms with Crippen molar-refractivity contribution in [2.75, 3.05) is 18.0 Å². The number of hydrazine groups is 1. The van der Waals surface area contributed by atoms with Gasteiger partial charge in [0.15, 0.2) is 6.61 Å². The van der Waals surface area contributed by atoms with Gasteiger partial charge in [-0.1, -0.05) is 17.7 Å². The molecule has 3 rings (SSSR count). The Kier molecular flexibility index (Phi) is 8.28. The first-order valence-corrected chi connectivity index (χ1v) is 12.0. The molecule has 0 unspecified atom stereocenters. The van der Waals surface area contributed by atoms with Gasteiger partial charge in [-0.05, 0) is 60.7 Å². The van der Waals surface area contributed by atoms with Crippen molar-refractivity contribution in [3.8, 4) is 5.75 Å². The van der Waals surface area contributed by atoms with Gasteiger partial charge in [-0.3, -0.25) is 24.7 Å². The van der Waals surface area contributed by atoms with Crippen LogP contribution in [-0.2, 0) is 21.0 Å². The second-order valence-electron chi connectivity index (χ2n) is 7.41. The molecule has 0 aromatic heterocycles. The standard InChI is InChI=1S/C23H18ClF4N3O5S/c1-31(16-7-5-15(25)6-8-16)37(34,35)18-9-10-20(24)19(12-18)22(33)30-29-21(32)13-36-17-4-2-3-14(11-17)23(26,27)28/h2-12H,13H2,1H3,(H,29,32)(H,30,33). The largest absolute Gasteiger partial charge is 0.484 e. The summed E-state index contributed by atoms with van der Waals surface area (Å²) >= 11 is 6.02. The normalized spacial score (nSPS) is 11.5. The number of ether oxygens (including phenoxy) is 1. The van der Waals surface area contributed by atoms with Crippen LogP contribution in [0.5, 0.6) is 5.75 Å². The summed E-state index contributed by atoms with van der Waals surface area (Å²) < 4.78 is 83.3. The molecule has 0 spiro atoms. The Labute approximate surface area is 213 Å². The third-order valence-corrected chi connectivity index (χ3v) is 6.99. The first kappa shape index (κ1) is 27.7. The fraction of sp³-hybridized carbons (Fsp3) is 0.130. The third-order valence-electron chi connectivity index (χ3n) is 4.88. The van der Waals surface area contributed by atoms with E-state index < -0.39 is 46.0 Å². The zero-order chi connectivity index (χ0) is 27.4. The lowest BCUT2D eigenvalue weighted by Gasteiger charge is -2.20. The molecule has 0 saturated carbocycles. The van der Waals surface area contributed by atoms with Crippen molar-refractivity contribution in [1.82, 2.24) is 10.9 Å². The molecule has 196 valence electrons. The van der Waals surface area contributed by atoms with E-state index in [1.165, 1.54) is 31.3 Å². The van der Waals surface area contributed by atoms with Crippen LogP contribution in [-0.4, -0.2) is 33.9 Å². The van der Waals surface area contributed by atoms with Crippen LogP contribution < -0.4 is 19.9 Å². The summed E-state index contributed by atoms with van der Waals surface area (Å²) in [6.07, 6.45) is -4.59. The maximum absolute atomic E-state index is 13.2. The monoisotopic (exact) mass is 559 g/mol. The Morgan fingerprint density at radius 1 is 1.00 bits per heavy atom. The van der Waals surface area contributed by atoms with E-state index in [0.717, 1.165) is 40.7 Å². The van der Waals surface area contributed by atoms with E-state index in [9.17, 15) is 35.6 Å². The highest BCUT2D eigenvalue weighted by atomic mass is 35.5. The summed E-state index contributed by atoms with van der Waals surface area (Å²) in [6, 6.07) is 11.9. The van der Waals surface area contributed by atoms with Gasteiger partial charge in [0, 0.05) is 7.05 Å². The zero-order valence-corrected chi connectivity index (χ0v) is 20.4. The Morgan fingerprint density at radius 3 is 2.32 bits per heavy atom. The van der Waals surface area contributed by atoms with E-state index in [-0.39, 0.29) is 26.9 Å². The van der Waals surface area contributed by atoms with Crippen molar-refractivity contribution >= 4 is 39.1 Å². The highest BCUT2D eigenvalue weighted by molar-refractivity contribution is 7.92. The lowest BCUT2D eigenvalue weighted by molar-refractivity contribution is -0.137. The maximum Gasteiger partial charge on any atom is 0.416 e. The molecule has 3 aromatic carbocycles. The number of carbonyl (C=O) groups is 2. The van der Waals surface area contributed by atoms with Gasteiger partial charge in [0.1, 0.15) is 11.6 Å². The number of amides is 2. The lowest BCUT2D eigenvalue weighted by atomic mass is 10.2. The molecule has 3 aromatic rings. The molecule has 0 aliphatic carbocycles. The number of nitrogens with one attached hydrogen (secondary N) is 2. The lowest BCUT2D eigenvalue weighted by Crippen LogP contribution is -2.44. The van der Waals surface area contributed by atoms with Gasteiger partial charge >= 0.3 is 6.18 Å². The molecule has 0 atom stereocenters. The van der Waals surface area contributed by atoms with E-state index >= 15 is 0 Å². The molecule has 0 aliphatic heterocycles. The quantitative estimate of drug-likeness (QED) is 0.334. The van der Waals surface area contributed by atoms with Crippen molar-refractivity contribution < 1.29 is 40.3 Å². The van der Waals surface area contributed by atoms with Crippen LogP contribution in [0.2, 0.25) is 5.02 Å². The third kappa shape index (κ3) is 6.89. The number of anilines is 1. The Bertz CT molecular complexity index is 1420. The van der Waals surface area contributed by atoms with Crippen LogP contribution in [0, 0.1) is 5.82 Å². The second kappa shape index (κ2) is 11.0. The van der Waals surface area contributed by atoms with Crippen molar-refractivity contribution in [3.63, 3.8) is 0 Å². The summed E-state index contributed by atoms with van der Waals surface area (Å²) in [5.74, 6) is -2.66. The van der Waals surface area contributed by atoms with Crippen molar-refractivity contribution in [2.24, 2.45) is 0 Å². The Balaban J connectivity index is 1.65. The molecule has 0 bridgehead atoms. The first-order chi connectivity index (χ1) is 17.3. The van der Waals surface area contributed by atoms with Crippen LogP contribution in [0.1, 0.15) is 15.9 Å². The SMILES string of the molecule is CN(c1ccc(F)cc1)S(=O)(=O)c1ccc(Cl)c(C(=O)NNC(=O)COc2cccc(C(F)(F)F)c2)c1. The fourth-order valence-corrected chi connectivity index (χ4v) is 4.35. The molecule has 0 fully saturated rings. The van der Waals surface area contributed by atoms with Gasteiger partial charge in [-0.2, -0.15) is 13.2 Å². The zero-order valence-electron chi connectivity index (χ0n) is 18.8. The van der Waals surface area contributed by atoms with Gasteiger partial charge in [0.2, 0.25) is 0 Å². The molecule has 37 heavy (non-hydrogen) atoms. The number of sulfonamides is 1. The Morgan fingerprint density at radius 2 is 1.68 bits per heavy atom. The molecule has 2 amide bonds. The van der Waals surface area contributed by atoms with Gasteiger partial charge in [-0.15, -0.1) is 0 Å². The van der Waals surface area contributed by atoms with E-state index in [4.69, 9.17) is 16.3 Å². The summed E-state index contributed by atoms with van der Waals surface area (Å²) in [7, 11) is -2.94. The smallest absolute Gasteiger partial charge is 0.416 e. The number of rotatable bonds is 7. The summed E-state index contributed by atoms with van der Waals surface area (Å²) in [5.41, 5.74) is 2.92. The molecule has 0 heterocycles. The molecule has 0 aliphatic rings.